The maximum Gasteiger partial charge on any atom is 0.306 e. The van der Waals surface area contributed by atoms with Crippen molar-refractivity contribution in [2.75, 3.05) is 12.3 Å². The van der Waals surface area contributed by atoms with Gasteiger partial charge in [-0.3, -0.25) is 9.59 Å². The Morgan fingerprint density at radius 3 is 2.69 bits per heavy atom. The Morgan fingerprint density at radius 1 is 1.31 bits per heavy atom. The van der Waals surface area contributed by atoms with Gasteiger partial charge in [0.2, 0.25) is 0 Å². The average molecular weight is 222 g/mol. The predicted molar refractivity (Wildman–Crippen MR) is 59.3 cm³/mol. The molecular weight excluding hydrogens is 208 g/mol. The van der Waals surface area contributed by atoms with Crippen LogP contribution >= 0.6 is 0 Å². The van der Waals surface area contributed by atoms with Crippen molar-refractivity contribution in [3.63, 3.8) is 0 Å². The minimum absolute atomic E-state index is 0.205. The number of benzene rings is 1. The number of esters is 1. The standard InChI is InChI=1S/C11H14N2O3/c12-9-3-1-2-8(6-9)4-5-11(15)16-7-10(13)14/h1-3,6H,4-5,7,12H2,(H2,13,14). The lowest BCUT2D eigenvalue weighted by molar-refractivity contribution is -0.147. The van der Waals surface area contributed by atoms with Crippen LogP contribution in [-0.4, -0.2) is 18.5 Å². The van der Waals surface area contributed by atoms with Gasteiger partial charge in [-0.25, -0.2) is 0 Å². The Bertz CT molecular complexity index is 391. The van der Waals surface area contributed by atoms with Gasteiger partial charge in [-0.2, -0.15) is 0 Å². The monoisotopic (exact) mass is 222 g/mol. The molecule has 5 nitrogen and oxygen atoms in total. The molecule has 1 amide bonds. The summed E-state index contributed by atoms with van der Waals surface area (Å²) in [5.74, 6) is -1.10. The number of primary amides is 1. The largest absolute Gasteiger partial charge is 0.456 e. The molecule has 1 aromatic carbocycles. The number of anilines is 1. The number of aryl methyl sites for hydroxylation is 1. The third-order valence-corrected chi connectivity index (χ3v) is 1.94. The number of hydrogen-bond donors (Lipinski definition) is 2. The Labute approximate surface area is 93.4 Å². The van der Waals surface area contributed by atoms with Crippen molar-refractivity contribution < 1.29 is 14.3 Å². The lowest BCUT2D eigenvalue weighted by atomic mass is 10.1. The molecule has 0 bridgehead atoms. The van der Waals surface area contributed by atoms with Crippen molar-refractivity contribution >= 4 is 17.6 Å². The molecule has 0 aliphatic heterocycles. The molecule has 0 saturated carbocycles. The minimum atomic E-state index is -0.655. The van der Waals surface area contributed by atoms with Gasteiger partial charge in [0, 0.05) is 12.1 Å². The molecule has 0 radical (unpaired) electrons. The molecule has 0 spiro atoms. The molecule has 0 atom stereocenters. The third-order valence-electron chi connectivity index (χ3n) is 1.94. The van der Waals surface area contributed by atoms with Gasteiger partial charge in [-0.05, 0) is 24.1 Å². The smallest absolute Gasteiger partial charge is 0.306 e. The number of rotatable bonds is 5. The summed E-state index contributed by atoms with van der Waals surface area (Å²) in [6.07, 6.45) is 0.735. The van der Waals surface area contributed by atoms with Crippen molar-refractivity contribution in [3.05, 3.63) is 29.8 Å². The zero-order valence-electron chi connectivity index (χ0n) is 8.81. The Hall–Kier alpha value is -2.04. The van der Waals surface area contributed by atoms with Crippen LogP contribution in [0.25, 0.3) is 0 Å². The summed E-state index contributed by atoms with van der Waals surface area (Å²) in [4.78, 5) is 21.5. The molecule has 0 aliphatic carbocycles. The number of amides is 1. The lowest BCUT2D eigenvalue weighted by Crippen LogP contribution is -2.21. The second-order valence-electron chi connectivity index (χ2n) is 3.37. The van der Waals surface area contributed by atoms with E-state index in [-0.39, 0.29) is 13.0 Å². The highest BCUT2D eigenvalue weighted by Gasteiger charge is 2.05. The van der Waals surface area contributed by atoms with E-state index in [0.717, 1.165) is 5.56 Å². The molecule has 0 aliphatic rings. The van der Waals surface area contributed by atoms with Crippen LogP contribution in [-0.2, 0) is 20.7 Å². The van der Waals surface area contributed by atoms with Gasteiger partial charge in [0.25, 0.3) is 5.91 Å². The first kappa shape index (κ1) is 12.0. The third kappa shape index (κ3) is 4.45. The molecule has 86 valence electrons. The Morgan fingerprint density at radius 2 is 2.06 bits per heavy atom. The van der Waals surface area contributed by atoms with Gasteiger partial charge in [-0.15, -0.1) is 0 Å². The van der Waals surface area contributed by atoms with E-state index in [2.05, 4.69) is 4.74 Å². The second kappa shape index (κ2) is 5.75. The minimum Gasteiger partial charge on any atom is -0.456 e. The van der Waals surface area contributed by atoms with Crippen LogP contribution in [0.5, 0.6) is 0 Å². The molecule has 1 rings (SSSR count). The number of ether oxygens (including phenoxy) is 1. The maximum absolute atomic E-state index is 11.1. The van der Waals surface area contributed by atoms with Crippen molar-refractivity contribution in [3.8, 4) is 0 Å². The SMILES string of the molecule is NC(=O)COC(=O)CCc1cccc(N)c1. The average Bonchev–Trinajstić information content (AvgIpc) is 2.23. The highest BCUT2D eigenvalue weighted by molar-refractivity contribution is 5.79. The van der Waals surface area contributed by atoms with Gasteiger partial charge in [0.05, 0.1) is 0 Å². The fourth-order valence-corrected chi connectivity index (χ4v) is 1.22. The van der Waals surface area contributed by atoms with Gasteiger partial charge in [-0.1, -0.05) is 12.1 Å². The first-order chi connectivity index (χ1) is 7.58. The van der Waals surface area contributed by atoms with Crippen molar-refractivity contribution in [1.29, 1.82) is 0 Å². The molecule has 4 N–H and O–H groups in total. The second-order valence-corrected chi connectivity index (χ2v) is 3.37. The number of carbonyl (C=O) groups is 2. The predicted octanol–water partition coefficient (Wildman–Crippen LogP) is 0.230. The zero-order valence-corrected chi connectivity index (χ0v) is 8.81. The summed E-state index contributed by atoms with van der Waals surface area (Å²) in [5.41, 5.74) is 12.0. The molecule has 0 fully saturated rings. The first-order valence-corrected chi connectivity index (χ1v) is 4.86. The van der Waals surface area contributed by atoms with Crippen LogP contribution < -0.4 is 11.5 Å². The maximum atomic E-state index is 11.1. The van der Waals surface area contributed by atoms with Crippen LogP contribution in [0.4, 0.5) is 5.69 Å². The Balaban J connectivity index is 2.34. The van der Waals surface area contributed by atoms with E-state index in [9.17, 15) is 9.59 Å². The van der Waals surface area contributed by atoms with Gasteiger partial charge in [0.1, 0.15) is 0 Å². The highest BCUT2D eigenvalue weighted by atomic mass is 16.5. The molecule has 0 heterocycles. The molecule has 16 heavy (non-hydrogen) atoms. The van der Waals surface area contributed by atoms with E-state index in [4.69, 9.17) is 11.5 Å². The Kier molecular flexibility index (Phi) is 4.32. The molecule has 0 saturated heterocycles. The normalized spacial score (nSPS) is 9.75. The number of hydrogen-bond acceptors (Lipinski definition) is 4. The van der Waals surface area contributed by atoms with Crippen LogP contribution in [0.3, 0.4) is 0 Å². The van der Waals surface area contributed by atoms with Gasteiger partial charge < -0.3 is 16.2 Å². The summed E-state index contributed by atoms with van der Waals surface area (Å²) in [6, 6.07) is 7.26. The van der Waals surface area contributed by atoms with E-state index >= 15 is 0 Å². The van der Waals surface area contributed by atoms with Crippen LogP contribution in [0.2, 0.25) is 0 Å². The highest BCUT2D eigenvalue weighted by Crippen LogP contribution is 2.08. The van der Waals surface area contributed by atoms with E-state index in [0.29, 0.717) is 12.1 Å². The van der Waals surface area contributed by atoms with E-state index in [1.807, 2.05) is 12.1 Å². The summed E-state index contributed by atoms with van der Waals surface area (Å²) in [7, 11) is 0. The van der Waals surface area contributed by atoms with E-state index in [1.165, 1.54) is 0 Å². The first-order valence-electron chi connectivity index (χ1n) is 4.86. The number of nitrogen functional groups attached to an aromatic ring is 1. The molecule has 5 heteroatoms. The summed E-state index contributed by atoms with van der Waals surface area (Å²) in [5, 5.41) is 0. The van der Waals surface area contributed by atoms with Crippen molar-refractivity contribution in [2.45, 2.75) is 12.8 Å². The van der Waals surface area contributed by atoms with E-state index in [1.54, 1.807) is 12.1 Å². The van der Waals surface area contributed by atoms with E-state index < -0.39 is 11.9 Å². The molecular formula is C11H14N2O3. The quantitative estimate of drug-likeness (QED) is 0.550. The topological polar surface area (TPSA) is 95.4 Å². The summed E-state index contributed by atoms with van der Waals surface area (Å²) in [6.45, 7) is -0.365. The lowest BCUT2D eigenvalue weighted by Gasteiger charge is -2.03. The molecule has 1 aromatic rings. The number of carbonyl (C=O) groups excluding carboxylic acids is 2. The van der Waals surface area contributed by atoms with Gasteiger partial charge in [0.15, 0.2) is 6.61 Å². The van der Waals surface area contributed by atoms with Crippen LogP contribution in [0.1, 0.15) is 12.0 Å². The van der Waals surface area contributed by atoms with Crippen LogP contribution in [0, 0.1) is 0 Å². The summed E-state index contributed by atoms with van der Waals surface area (Å²) >= 11 is 0. The van der Waals surface area contributed by atoms with Gasteiger partial charge >= 0.3 is 5.97 Å². The number of nitrogens with two attached hydrogens (primary N) is 2. The molecule has 0 aromatic heterocycles. The fourth-order valence-electron chi connectivity index (χ4n) is 1.22. The summed E-state index contributed by atoms with van der Waals surface area (Å²) < 4.78 is 4.61. The van der Waals surface area contributed by atoms with Crippen molar-refractivity contribution in [1.82, 2.24) is 0 Å². The fraction of sp³-hybridized carbons (Fsp3) is 0.273. The van der Waals surface area contributed by atoms with Crippen LogP contribution in [0.15, 0.2) is 24.3 Å². The molecule has 0 unspecified atom stereocenters. The van der Waals surface area contributed by atoms with Crippen molar-refractivity contribution in [2.24, 2.45) is 5.73 Å². The zero-order chi connectivity index (χ0) is 12.0.